The van der Waals surface area contributed by atoms with Crippen molar-refractivity contribution in [2.24, 2.45) is 9.81 Å². The summed E-state index contributed by atoms with van der Waals surface area (Å²) in [5.41, 5.74) is -0.409. The van der Waals surface area contributed by atoms with E-state index in [9.17, 15) is 9.35 Å². The standard InChI is InChI=1S/C19H34N2O4S/c1-16(2,3)25-15(22)21-11-9-19(10-12-21)14(18(7,8)13-24-19)20-26(23)17(4,5)6/h9-13H2,1-8H3. The molecule has 1 spiro atoms. The first-order chi connectivity index (χ1) is 11.7. The molecule has 0 aromatic carbocycles. The Labute approximate surface area is 161 Å². The molecule has 0 radical (unpaired) electrons. The number of amides is 1. The summed E-state index contributed by atoms with van der Waals surface area (Å²) in [6.45, 7) is 17.2. The van der Waals surface area contributed by atoms with Gasteiger partial charge < -0.3 is 18.9 Å². The maximum absolute atomic E-state index is 12.6. The first-order valence-corrected chi connectivity index (χ1v) is 10.4. The molecule has 2 aliphatic rings. The normalized spacial score (nSPS) is 25.6. The first kappa shape index (κ1) is 21.5. The average Bonchev–Trinajstić information content (AvgIpc) is 2.70. The highest BCUT2D eigenvalue weighted by atomic mass is 32.2. The minimum atomic E-state index is -1.33. The number of carbonyl (C=O) groups is 1. The number of piperidine rings is 1. The number of ether oxygens (including phenoxy) is 2. The van der Waals surface area contributed by atoms with Crippen LogP contribution in [-0.2, 0) is 20.8 Å². The van der Waals surface area contributed by atoms with Crippen molar-refractivity contribution >= 4 is 23.2 Å². The molecule has 2 rings (SSSR count). The van der Waals surface area contributed by atoms with Crippen LogP contribution in [0.4, 0.5) is 4.79 Å². The van der Waals surface area contributed by atoms with Gasteiger partial charge >= 0.3 is 6.09 Å². The van der Waals surface area contributed by atoms with Crippen molar-refractivity contribution in [3.8, 4) is 0 Å². The molecule has 2 saturated heterocycles. The van der Waals surface area contributed by atoms with Gasteiger partial charge in [0.25, 0.3) is 0 Å². The minimum absolute atomic E-state index is 0.255. The Morgan fingerprint density at radius 1 is 1.19 bits per heavy atom. The SMILES string of the molecule is CC(C)(C)OC(=O)N1CCC2(CC1)OCC(C)(C)C2=N[S+]([O-])C(C)(C)C. The lowest BCUT2D eigenvalue weighted by atomic mass is 9.77. The summed E-state index contributed by atoms with van der Waals surface area (Å²) >= 11 is -1.33. The number of hydrogen-bond donors (Lipinski definition) is 0. The molecule has 2 aliphatic heterocycles. The zero-order valence-corrected chi connectivity index (χ0v) is 18.3. The van der Waals surface area contributed by atoms with E-state index >= 15 is 0 Å². The van der Waals surface area contributed by atoms with Gasteiger partial charge in [-0.2, -0.15) is 0 Å². The monoisotopic (exact) mass is 386 g/mol. The zero-order chi connectivity index (χ0) is 20.0. The molecule has 1 unspecified atom stereocenters. The Kier molecular flexibility index (Phi) is 5.78. The van der Waals surface area contributed by atoms with Crippen LogP contribution in [0.3, 0.4) is 0 Å². The Bertz CT molecular complexity index is 567. The summed E-state index contributed by atoms with van der Waals surface area (Å²) in [6.07, 6.45) is 1.01. The second kappa shape index (κ2) is 6.99. The number of hydrogen-bond acceptors (Lipinski definition) is 5. The fourth-order valence-corrected chi connectivity index (χ4v) is 4.11. The molecule has 150 valence electrons. The molecule has 1 amide bonds. The third-order valence-electron chi connectivity index (χ3n) is 4.70. The summed E-state index contributed by atoms with van der Waals surface area (Å²) in [4.78, 5) is 14.0. The van der Waals surface area contributed by atoms with Gasteiger partial charge in [0.15, 0.2) is 0 Å². The second-order valence-corrected chi connectivity index (χ2v) is 11.8. The Hall–Kier alpha value is -0.790. The van der Waals surface area contributed by atoms with Gasteiger partial charge in [-0.3, -0.25) is 0 Å². The van der Waals surface area contributed by atoms with Crippen molar-refractivity contribution in [3.05, 3.63) is 0 Å². The number of nitrogens with zero attached hydrogens (tertiary/aromatic N) is 2. The van der Waals surface area contributed by atoms with E-state index in [1.165, 1.54) is 0 Å². The van der Waals surface area contributed by atoms with E-state index in [4.69, 9.17) is 9.47 Å². The quantitative estimate of drug-likeness (QED) is 0.644. The van der Waals surface area contributed by atoms with Gasteiger partial charge in [-0.25, -0.2) is 4.79 Å². The Morgan fingerprint density at radius 3 is 2.19 bits per heavy atom. The number of carbonyl (C=O) groups excluding carboxylic acids is 1. The predicted octanol–water partition coefficient (Wildman–Crippen LogP) is 3.72. The minimum Gasteiger partial charge on any atom is -0.591 e. The van der Waals surface area contributed by atoms with Crippen molar-refractivity contribution in [2.45, 2.75) is 84.2 Å². The van der Waals surface area contributed by atoms with E-state index < -0.39 is 27.3 Å². The molecular formula is C19H34N2O4S. The van der Waals surface area contributed by atoms with Crippen LogP contribution in [0, 0.1) is 5.41 Å². The van der Waals surface area contributed by atoms with E-state index in [0.29, 0.717) is 32.5 Å². The van der Waals surface area contributed by atoms with Crippen molar-refractivity contribution in [1.29, 1.82) is 0 Å². The van der Waals surface area contributed by atoms with Crippen LogP contribution >= 0.6 is 0 Å². The molecule has 2 fully saturated rings. The summed E-state index contributed by atoms with van der Waals surface area (Å²) in [7, 11) is 0. The van der Waals surface area contributed by atoms with Crippen LogP contribution in [0.2, 0.25) is 0 Å². The van der Waals surface area contributed by atoms with Gasteiger partial charge in [0.1, 0.15) is 33.0 Å². The highest BCUT2D eigenvalue weighted by molar-refractivity contribution is 7.91. The molecule has 7 heteroatoms. The molecule has 26 heavy (non-hydrogen) atoms. The van der Waals surface area contributed by atoms with E-state index in [-0.39, 0.29) is 11.5 Å². The maximum Gasteiger partial charge on any atom is 0.410 e. The lowest BCUT2D eigenvalue weighted by molar-refractivity contribution is -0.0287. The lowest BCUT2D eigenvalue weighted by Crippen LogP contribution is -2.52. The highest BCUT2D eigenvalue weighted by Gasteiger charge is 2.54. The molecule has 2 heterocycles. The van der Waals surface area contributed by atoms with Crippen LogP contribution in [0.1, 0.15) is 68.2 Å². The van der Waals surface area contributed by atoms with Gasteiger partial charge in [0, 0.05) is 18.5 Å². The van der Waals surface area contributed by atoms with Crippen molar-refractivity contribution in [2.75, 3.05) is 19.7 Å². The van der Waals surface area contributed by atoms with Gasteiger partial charge in [-0.05, 0) is 54.4 Å². The van der Waals surface area contributed by atoms with Crippen molar-refractivity contribution < 1.29 is 18.8 Å². The molecular weight excluding hydrogens is 352 g/mol. The largest absolute Gasteiger partial charge is 0.591 e. The Morgan fingerprint density at radius 2 is 1.73 bits per heavy atom. The Balaban J connectivity index is 2.17. The van der Waals surface area contributed by atoms with E-state index in [1.54, 1.807) is 4.90 Å². The molecule has 0 aromatic heterocycles. The van der Waals surface area contributed by atoms with Gasteiger partial charge in [0.05, 0.1) is 6.61 Å². The van der Waals surface area contributed by atoms with Crippen LogP contribution in [0.25, 0.3) is 0 Å². The molecule has 0 aliphatic carbocycles. The third-order valence-corrected chi connectivity index (χ3v) is 6.10. The van der Waals surface area contributed by atoms with Gasteiger partial charge in [-0.15, -0.1) is 0 Å². The van der Waals surface area contributed by atoms with Crippen molar-refractivity contribution in [1.82, 2.24) is 4.90 Å². The molecule has 0 saturated carbocycles. The molecule has 0 bridgehead atoms. The van der Waals surface area contributed by atoms with Crippen molar-refractivity contribution in [3.63, 3.8) is 0 Å². The fourth-order valence-electron chi connectivity index (χ4n) is 3.26. The predicted molar refractivity (Wildman–Crippen MR) is 105 cm³/mol. The highest BCUT2D eigenvalue weighted by Crippen LogP contribution is 2.43. The summed E-state index contributed by atoms with van der Waals surface area (Å²) in [6, 6.07) is 0. The van der Waals surface area contributed by atoms with Gasteiger partial charge in [0.2, 0.25) is 0 Å². The van der Waals surface area contributed by atoms with E-state index in [2.05, 4.69) is 18.2 Å². The fraction of sp³-hybridized carbons (Fsp3) is 0.895. The average molecular weight is 387 g/mol. The van der Waals surface area contributed by atoms with Crippen LogP contribution < -0.4 is 0 Å². The zero-order valence-electron chi connectivity index (χ0n) is 17.5. The summed E-state index contributed by atoms with van der Waals surface area (Å²) in [5, 5.41) is 0. The topological polar surface area (TPSA) is 74.2 Å². The lowest BCUT2D eigenvalue weighted by Gasteiger charge is -2.39. The molecule has 1 atom stereocenters. The molecule has 6 nitrogen and oxygen atoms in total. The maximum atomic E-state index is 12.6. The smallest absolute Gasteiger partial charge is 0.410 e. The summed E-state index contributed by atoms with van der Waals surface area (Å²) in [5.74, 6) is 0. The third kappa shape index (κ3) is 4.73. The first-order valence-electron chi connectivity index (χ1n) is 9.30. The number of rotatable bonds is 1. The van der Waals surface area contributed by atoms with E-state index in [1.807, 2.05) is 41.5 Å². The van der Waals surface area contributed by atoms with Crippen LogP contribution in [0.5, 0.6) is 0 Å². The van der Waals surface area contributed by atoms with E-state index in [0.717, 1.165) is 5.71 Å². The molecule has 0 N–H and O–H groups in total. The summed E-state index contributed by atoms with van der Waals surface area (Å²) < 4.78 is 28.6. The number of likely N-dealkylation sites (tertiary alicyclic amines) is 1. The van der Waals surface area contributed by atoms with Gasteiger partial charge in [-0.1, -0.05) is 18.2 Å². The van der Waals surface area contributed by atoms with Crippen LogP contribution in [-0.4, -0.2) is 56.9 Å². The van der Waals surface area contributed by atoms with Crippen LogP contribution in [0.15, 0.2) is 4.40 Å². The second-order valence-electron chi connectivity index (χ2n) is 9.94. The molecule has 0 aromatic rings.